The van der Waals surface area contributed by atoms with Crippen LogP contribution in [0.3, 0.4) is 0 Å². The molecule has 0 saturated heterocycles. The maximum Gasteiger partial charge on any atom is 0.113 e. The van der Waals surface area contributed by atoms with Crippen LogP contribution in [0, 0.1) is 83.4 Å². The first-order chi connectivity index (χ1) is 23.6. The molecule has 0 N–H and O–H groups in total. The fraction of sp³-hybridized carbons (Fsp3) is 0.545. The number of hydrogen-bond acceptors (Lipinski definition) is 4. The van der Waals surface area contributed by atoms with Gasteiger partial charge in [-0.05, 0) is 109 Å². The van der Waals surface area contributed by atoms with Crippen LogP contribution in [0.4, 0.5) is 0 Å². The molecule has 0 rings (SSSR count). The molecule has 0 radical (unpaired) electrons. The second-order valence-corrected chi connectivity index (χ2v) is 10.3. The van der Waals surface area contributed by atoms with Gasteiger partial charge in [0.15, 0.2) is 0 Å². The Bertz CT molecular complexity index is 1210. The van der Waals surface area contributed by atoms with E-state index in [2.05, 4.69) is 117 Å². The van der Waals surface area contributed by atoms with E-state index in [9.17, 15) is 0 Å². The molecular formula is C44H60O4. The van der Waals surface area contributed by atoms with E-state index in [-0.39, 0.29) is 12.2 Å². The van der Waals surface area contributed by atoms with Crippen LogP contribution >= 0.6 is 0 Å². The fourth-order valence-corrected chi connectivity index (χ4v) is 3.69. The largest absolute Gasteiger partial charge is 0.499 e. The normalized spacial score (nSPS) is 9.83. The van der Waals surface area contributed by atoms with Gasteiger partial charge in [0.05, 0.1) is 24.7 Å². The van der Waals surface area contributed by atoms with Gasteiger partial charge in [0.25, 0.3) is 0 Å². The van der Waals surface area contributed by atoms with Crippen molar-refractivity contribution in [3.63, 3.8) is 0 Å². The highest BCUT2D eigenvalue weighted by Gasteiger charge is 2.02. The zero-order valence-electron chi connectivity index (χ0n) is 30.6. The molecule has 0 amide bonds. The van der Waals surface area contributed by atoms with E-state index < -0.39 is 0 Å². The van der Waals surface area contributed by atoms with Crippen LogP contribution < -0.4 is 0 Å². The highest BCUT2D eigenvalue weighted by molar-refractivity contribution is 5.45. The second-order valence-electron chi connectivity index (χ2n) is 10.3. The third-order valence-electron chi connectivity index (χ3n) is 6.55. The summed E-state index contributed by atoms with van der Waals surface area (Å²) in [5.74, 6) is 31.8. The maximum atomic E-state index is 5.48. The molecule has 0 spiro atoms. The Morgan fingerprint density at radius 2 is 0.979 bits per heavy atom. The molecule has 0 aliphatic heterocycles. The Hall–Kier alpha value is -4.34. The van der Waals surface area contributed by atoms with E-state index in [1.54, 1.807) is 14.2 Å². The van der Waals surface area contributed by atoms with Gasteiger partial charge in [-0.2, -0.15) is 0 Å². The monoisotopic (exact) mass is 652 g/mol. The van der Waals surface area contributed by atoms with Crippen LogP contribution in [0.2, 0.25) is 0 Å². The molecule has 0 saturated carbocycles. The third-order valence-corrected chi connectivity index (χ3v) is 6.55. The van der Waals surface area contributed by atoms with Crippen LogP contribution in [0.15, 0.2) is 37.8 Å². The van der Waals surface area contributed by atoms with Gasteiger partial charge in [-0.3, -0.25) is 0 Å². The van der Waals surface area contributed by atoms with Crippen molar-refractivity contribution in [3.8, 4) is 83.4 Å². The average molecular weight is 653 g/mol. The lowest BCUT2D eigenvalue weighted by atomic mass is 10.0. The molecule has 48 heavy (non-hydrogen) atoms. The Morgan fingerprint density at radius 1 is 0.562 bits per heavy atom. The minimum Gasteiger partial charge on any atom is -0.499 e. The average Bonchev–Trinajstić information content (AvgIpc) is 3.11. The Labute approximate surface area is 296 Å². The second kappa shape index (κ2) is 47.1. The Kier molecular flexibility index (Phi) is 47.1. The molecule has 0 bridgehead atoms. The van der Waals surface area contributed by atoms with Crippen molar-refractivity contribution in [1.82, 2.24) is 0 Å². The van der Waals surface area contributed by atoms with Gasteiger partial charge in [-0.25, -0.2) is 0 Å². The van der Waals surface area contributed by atoms with Crippen molar-refractivity contribution in [2.24, 2.45) is 0 Å². The summed E-state index contributed by atoms with van der Waals surface area (Å²) in [6.45, 7) is 14.6. The standard InChI is InChI=1S/C21H42O2.C16H4.C7H14O2/c1-4-6-7-8-9-10-11-12-13-14-15-16-17-18-19-23-20-21(5-2)22-3;1-3-5-7-9-11-13-15-16-14-12-10-8-6-4-2;1-4-7(8-3)6-9-5-2/h18-19,21H,4-17,20H2,1-3H3;1,4H,2H2;5,7H,2,4,6H2,1,3H3/b19-18-;;. The first-order valence-corrected chi connectivity index (χ1v) is 17.2. The van der Waals surface area contributed by atoms with Crippen LogP contribution in [0.5, 0.6) is 0 Å². The third kappa shape index (κ3) is 46.1. The molecule has 260 valence electrons. The number of unbranched alkanes of at least 4 members (excludes halogenated alkanes) is 12. The Morgan fingerprint density at radius 3 is 1.38 bits per heavy atom. The van der Waals surface area contributed by atoms with E-state index in [1.165, 1.54) is 89.4 Å². The molecule has 2 unspecified atom stereocenters. The summed E-state index contributed by atoms with van der Waals surface area (Å²) in [6.07, 6.45) is 32.2. The summed E-state index contributed by atoms with van der Waals surface area (Å²) in [4.78, 5) is 0. The summed E-state index contributed by atoms with van der Waals surface area (Å²) in [6, 6.07) is 0. The summed E-state index contributed by atoms with van der Waals surface area (Å²) < 4.78 is 20.7. The summed E-state index contributed by atoms with van der Waals surface area (Å²) in [5, 5.41) is 0. The van der Waals surface area contributed by atoms with E-state index in [0.717, 1.165) is 19.3 Å². The van der Waals surface area contributed by atoms with Crippen LogP contribution in [0.25, 0.3) is 0 Å². The molecule has 4 heteroatoms. The number of methoxy groups -OCH3 is 2. The van der Waals surface area contributed by atoms with Gasteiger partial charge < -0.3 is 18.9 Å². The zero-order valence-corrected chi connectivity index (χ0v) is 30.6. The van der Waals surface area contributed by atoms with Crippen LogP contribution in [-0.4, -0.2) is 39.6 Å². The highest BCUT2D eigenvalue weighted by Crippen LogP contribution is 2.12. The van der Waals surface area contributed by atoms with Crippen molar-refractivity contribution in [2.75, 3.05) is 27.4 Å². The number of allylic oxidation sites excluding steroid dienone is 2. The Balaban J connectivity index is -0.000000699. The molecule has 0 aromatic rings. The molecule has 0 fully saturated rings. The van der Waals surface area contributed by atoms with Gasteiger partial charge in [0, 0.05) is 14.2 Å². The van der Waals surface area contributed by atoms with E-state index >= 15 is 0 Å². The van der Waals surface area contributed by atoms with Crippen molar-refractivity contribution >= 4 is 0 Å². The van der Waals surface area contributed by atoms with Crippen molar-refractivity contribution in [3.05, 3.63) is 37.8 Å². The molecule has 0 aliphatic rings. The molecule has 2 atom stereocenters. The fourth-order valence-electron chi connectivity index (χ4n) is 3.69. The number of ether oxygens (including phenoxy) is 4. The molecule has 0 aliphatic carbocycles. The highest BCUT2D eigenvalue weighted by atomic mass is 16.5. The smallest absolute Gasteiger partial charge is 0.113 e. The number of terminal acetylenes is 1. The van der Waals surface area contributed by atoms with Crippen LogP contribution in [0.1, 0.15) is 117 Å². The van der Waals surface area contributed by atoms with Gasteiger partial charge in [0.1, 0.15) is 13.2 Å². The summed E-state index contributed by atoms with van der Waals surface area (Å²) in [7, 11) is 3.42. The van der Waals surface area contributed by atoms with Crippen molar-refractivity contribution < 1.29 is 18.9 Å². The predicted octanol–water partition coefficient (Wildman–Crippen LogP) is 9.43. The summed E-state index contributed by atoms with van der Waals surface area (Å²) in [5.41, 5.74) is 0. The lowest BCUT2D eigenvalue weighted by Crippen LogP contribution is -2.15. The van der Waals surface area contributed by atoms with Gasteiger partial charge in [-0.1, -0.05) is 110 Å². The van der Waals surface area contributed by atoms with Crippen LogP contribution in [-0.2, 0) is 18.9 Å². The SMILES string of the molecule is C#CC#CC#CC#CC#CC#CC#CC=C.C=COCC(CC)OC.CCCCCCCCCCCCCC/C=C\OCC(CC)OC. The quantitative estimate of drug-likeness (QED) is 0.0626. The van der Waals surface area contributed by atoms with E-state index in [1.807, 2.05) is 6.26 Å². The maximum absolute atomic E-state index is 5.48. The summed E-state index contributed by atoms with van der Waals surface area (Å²) >= 11 is 0. The molecule has 0 aromatic carbocycles. The molecular weight excluding hydrogens is 592 g/mol. The van der Waals surface area contributed by atoms with Crippen molar-refractivity contribution in [1.29, 1.82) is 0 Å². The van der Waals surface area contributed by atoms with Crippen molar-refractivity contribution in [2.45, 2.75) is 129 Å². The molecule has 0 aromatic heterocycles. The lowest BCUT2D eigenvalue weighted by Gasteiger charge is -2.11. The topological polar surface area (TPSA) is 36.9 Å². The van der Waals surface area contributed by atoms with E-state index in [0.29, 0.717) is 13.2 Å². The zero-order chi connectivity index (χ0) is 36.0. The predicted molar refractivity (Wildman–Crippen MR) is 205 cm³/mol. The molecule has 0 heterocycles. The van der Waals surface area contributed by atoms with Gasteiger partial charge in [0.2, 0.25) is 0 Å². The minimum absolute atomic E-state index is 0.211. The number of rotatable bonds is 23. The minimum atomic E-state index is 0.211. The van der Waals surface area contributed by atoms with E-state index in [4.69, 9.17) is 25.4 Å². The van der Waals surface area contributed by atoms with Gasteiger partial charge >= 0.3 is 0 Å². The first kappa shape index (κ1) is 48.1. The number of hydrogen-bond donors (Lipinski definition) is 0. The molecule has 4 nitrogen and oxygen atoms in total. The lowest BCUT2D eigenvalue weighted by molar-refractivity contribution is 0.0397. The van der Waals surface area contributed by atoms with Gasteiger partial charge in [-0.15, -0.1) is 6.42 Å². The first-order valence-electron chi connectivity index (χ1n) is 17.2.